The number of rotatable bonds is 25. The Labute approximate surface area is 231 Å². The molecule has 0 saturated heterocycles. The maximum absolute atomic E-state index is 12.3. The van der Waals surface area contributed by atoms with E-state index in [-0.39, 0.29) is 36.5 Å². The van der Waals surface area contributed by atoms with Crippen molar-refractivity contribution >= 4 is 23.6 Å². The predicted molar refractivity (Wildman–Crippen MR) is 146 cm³/mol. The molecule has 0 spiro atoms. The number of ketones is 1. The van der Waals surface area contributed by atoms with Gasteiger partial charge in [0.05, 0.1) is 37.9 Å². The molecule has 1 aromatic carbocycles. The summed E-state index contributed by atoms with van der Waals surface area (Å²) in [6.07, 6.45) is 7.27. The molecule has 10 nitrogen and oxygen atoms in total. The van der Waals surface area contributed by atoms with E-state index in [0.717, 1.165) is 44.9 Å². The third kappa shape index (κ3) is 18.0. The molecule has 0 fully saturated rings. The average molecular weight is 552 g/mol. The van der Waals surface area contributed by atoms with Gasteiger partial charge in [-0.15, -0.1) is 0 Å². The largest absolute Gasteiger partial charge is 0.494 e. The minimum atomic E-state index is -1.04. The molecule has 1 rings (SSSR count). The fourth-order valence-electron chi connectivity index (χ4n) is 3.90. The molecule has 39 heavy (non-hydrogen) atoms. The summed E-state index contributed by atoms with van der Waals surface area (Å²) in [5, 5.41) is 21.0. The minimum Gasteiger partial charge on any atom is -0.494 e. The van der Waals surface area contributed by atoms with Crippen molar-refractivity contribution < 1.29 is 43.6 Å². The molecule has 0 radical (unpaired) electrons. The quantitative estimate of drug-likeness (QED) is 0.149. The highest BCUT2D eigenvalue weighted by Crippen LogP contribution is 2.16. The second kappa shape index (κ2) is 21.9. The van der Waals surface area contributed by atoms with Crippen LogP contribution in [0.5, 0.6) is 5.75 Å². The van der Waals surface area contributed by atoms with Gasteiger partial charge < -0.3 is 29.7 Å². The van der Waals surface area contributed by atoms with E-state index in [2.05, 4.69) is 5.32 Å². The van der Waals surface area contributed by atoms with Gasteiger partial charge in [0.2, 0.25) is 5.91 Å². The van der Waals surface area contributed by atoms with E-state index in [1.807, 2.05) is 6.92 Å². The van der Waals surface area contributed by atoms with Crippen LogP contribution in [0, 0.1) is 5.92 Å². The molecule has 0 bridgehead atoms. The van der Waals surface area contributed by atoms with Gasteiger partial charge >= 0.3 is 11.9 Å². The summed E-state index contributed by atoms with van der Waals surface area (Å²) in [5.41, 5.74) is 0.234. The fraction of sp³-hybridized carbons (Fsp3) is 0.655. The topological polar surface area (TPSA) is 148 Å². The van der Waals surface area contributed by atoms with E-state index in [1.54, 1.807) is 12.1 Å². The Morgan fingerprint density at radius 1 is 0.795 bits per heavy atom. The Kier molecular flexibility index (Phi) is 19.1. The lowest BCUT2D eigenvalue weighted by atomic mass is 9.94. The number of nitrogens with one attached hydrogen (secondary N) is 1. The monoisotopic (exact) mass is 551 g/mol. The van der Waals surface area contributed by atoms with Gasteiger partial charge in [0.15, 0.2) is 0 Å². The smallest absolute Gasteiger partial charge is 0.335 e. The minimum absolute atomic E-state index is 0.0395. The molecule has 0 aliphatic heterocycles. The lowest BCUT2D eigenvalue weighted by Gasteiger charge is -2.12. The maximum Gasteiger partial charge on any atom is 0.335 e. The normalized spacial score (nSPS) is 11.6. The van der Waals surface area contributed by atoms with Gasteiger partial charge in [-0.05, 0) is 50.5 Å². The van der Waals surface area contributed by atoms with Crippen LogP contribution in [-0.4, -0.2) is 73.4 Å². The highest BCUT2D eigenvalue weighted by Gasteiger charge is 2.22. The van der Waals surface area contributed by atoms with Crippen molar-refractivity contribution in [1.29, 1.82) is 0 Å². The van der Waals surface area contributed by atoms with Crippen LogP contribution < -0.4 is 10.1 Å². The third-order valence-electron chi connectivity index (χ3n) is 6.16. The summed E-state index contributed by atoms with van der Waals surface area (Å²) < 4.78 is 16.1. The van der Waals surface area contributed by atoms with Crippen LogP contribution in [0.15, 0.2) is 24.3 Å². The molecule has 10 heteroatoms. The molecular weight excluding hydrogens is 506 g/mol. The molecule has 1 amide bonds. The first-order chi connectivity index (χ1) is 18.8. The standard InChI is InChI=1S/C29H45NO9/c1-2-37-20-21-38-19-17-30-27(32)16-13-24(29(35)36)22-25(31)10-8-6-4-3-5-7-9-18-39-26-14-11-23(12-15-26)28(33)34/h11-12,14-15,24H,2-10,13,16-22H2,1H3,(H,30,32)(H,33,34)(H,35,36)/t24-/m1/s1. The van der Waals surface area contributed by atoms with Gasteiger partial charge in [-0.25, -0.2) is 4.79 Å². The molecular formula is C29H45NO9. The molecule has 220 valence electrons. The van der Waals surface area contributed by atoms with E-state index >= 15 is 0 Å². The SMILES string of the molecule is CCOCCOCCNC(=O)CC[C@H](CC(=O)CCCCCCCCCOc1ccc(C(=O)O)cc1)C(=O)O. The van der Waals surface area contributed by atoms with Crippen LogP contribution >= 0.6 is 0 Å². The highest BCUT2D eigenvalue weighted by molar-refractivity contribution is 5.87. The van der Waals surface area contributed by atoms with Crippen molar-refractivity contribution in [2.24, 2.45) is 5.92 Å². The van der Waals surface area contributed by atoms with Crippen LogP contribution in [0.25, 0.3) is 0 Å². The van der Waals surface area contributed by atoms with Crippen molar-refractivity contribution in [3.63, 3.8) is 0 Å². The molecule has 0 heterocycles. The zero-order chi connectivity index (χ0) is 28.7. The summed E-state index contributed by atoms with van der Waals surface area (Å²) >= 11 is 0. The van der Waals surface area contributed by atoms with Crippen LogP contribution in [0.3, 0.4) is 0 Å². The molecule has 0 aliphatic rings. The number of benzene rings is 1. The first-order valence-electron chi connectivity index (χ1n) is 14.0. The van der Waals surface area contributed by atoms with Gasteiger partial charge in [0.25, 0.3) is 0 Å². The summed E-state index contributed by atoms with van der Waals surface area (Å²) in [6, 6.07) is 6.36. The summed E-state index contributed by atoms with van der Waals surface area (Å²) in [5.74, 6) is -2.51. The summed E-state index contributed by atoms with van der Waals surface area (Å²) in [4.78, 5) is 46.6. The van der Waals surface area contributed by atoms with Gasteiger partial charge in [-0.3, -0.25) is 14.4 Å². The maximum atomic E-state index is 12.3. The molecule has 3 N–H and O–H groups in total. The van der Waals surface area contributed by atoms with Crippen molar-refractivity contribution in [3.8, 4) is 5.75 Å². The second-order valence-electron chi connectivity index (χ2n) is 9.38. The number of carboxylic acids is 2. The number of aromatic carboxylic acids is 1. The third-order valence-corrected chi connectivity index (χ3v) is 6.16. The Hall–Kier alpha value is -2.98. The lowest BCUT2D eigenvalue weighted by Crippen LogP contribution is -2.29. The van der Waals surface area contributed by atoms with E-state index in [0.29, 0.717) is 51.7 Å². The molecule has 0 saturated carbocycles. The van der Waals surface area contributed by atoms with Crippen molar-refractivity contribution in [1.82, 2.24) is 5.32 Å². The second-order valence-corrected chi connectivity index (χ2v) is 9.38. The number of ether oxygens (including phenoxy) is 3. The Balaban J connectivity index is 2.03. The van der Waals surface area contributed by atoms with E-state index < -0.39 is 17.9 Å². The van der Waals surface area contributed by atoms with E-state index in [9.17, 15) is 24.3 Å². The first kappa shape index (κ1) is 34.0. The molecule has 1 aromatic rings. The Morgan fingerprint density at radius 3 is 2.08 bits per heavy atom. The molecule has 0 aliphatic carbocycles. The first-order valence-corrected chi connectivity index (χ1v) is 14.0. The van der Waals surface area contributed by atoms with Crippen LogP contribution in [0.1, 0.15) is 87.9 Å². The van der Waals surface area contributed by atoms with Crippen molar-refractivity contribution in [3.05, 3.63) is 29.8 Å². The molecule has 0 aromatic heterocycles. The van der Waals surface area contributed by atoms with Gasteiger partial charge in [0, 0.05) is 32.4 Å². The average Bonchev–Trinajstić information content (AvgIpc) is 2.91. The molecule has 0 unspecified atom stereocenters. The number of amides is 1. The summed E-state index contributed by atoms with van der Waals surface area (Å²) in [7, 11) is 0. The number of carbonyl (C=O) groups is 4. The van der Waals surface area contributed by atoms with E-state index in [1.165, 1.54) is 12.1 Å². The van der Waals surface area contributed by atoms with Crippen LogP contribution in [0.4, 0.5) is 0 Å². The van der Waals surface area contributed by atoms with Crippen molar-refractivity contribution in [2.45, 2.75) is 77.6 Å². The lowest BCUT2D eigenvalue weighted by molar-refractivity contribution is -0.144. The zero-order valence-electron chi connectivity index (χ0n) is 23.2. The number of Topliss-reactive ketones (excluding diaryl/α,β-unsaturated/α-hetero) is 1. The zero-order valence-corrected chi connectivity index (χ0v) is 23.2. The Bertz CT molecular complexity index is 842. The van der Waals surface area contributed by atoms with E-state index in [4.69, 9.17) is 19.3 Å². The number of hydrogen-bond donors (Lipinski definition) is 3. The number of aliphatic carboxylic acids is 1. The Morgan fingerprint density at radius 2 is 1.44 bits per heavy atom. The van der Waals surface area contributed by atoms with Crippen molar-refractivity contribution in [2.75, 3.05) is 39.6 Å². The summed E-state index contributed by atoms with van der Waals surface area (Å²) in [6.45, 7) is 4.78. The number of carbonyl (C=O) groups excluding carboxylic acids is 2. The van der Waals surface area contributed by atoms with Crippen LogP contribution in [-0.2, 0) is 23.9 Å². The number of hydrogen-bond acceptors (Lipinski definition) is 7. The highest BCUT2D eigenvalue weighted by atomic mass is 16.5. The van der Waals surface area contributed by atoms with Gasteiger partial charge in [-0.2, -0.15) is 0 Å². The van der Waals surface area contributed by atoms with Gasteiger partial charge in [0.1, 0.15) is 11.5 Å². The predicted octanol–water partition coefficient (Wildman–Crippen LogP) is 4.49. The number of carboxylic acid groups (broad SMARTS) is 2. The fourth-order valence-corrected chi connectivity index (χ4v) is 3.90. The molecule has 1 atom stereocenters. The van der Waals surface area contributed by atoms with Gasteiger partial charge in [-0.1, -0.05) is 32.1 Å². The van der Waals surface area contributed by atoms with Crippen LogP contribution in [0.2, 0.25) is 0 Å². The number of unbranched alkanes of at least 4 members (excludes halogenated alkanes) is 6.